The van der Waals surface area contributed by atoms with E-state index in [1.54, 1.807) is 0 Å². The van der Waals surface area contributed by atoms with Crippen molar-refractivity contribution >= 4 is 27.8 Å². The van der Waals surface area contributed by atoms with Crippen molar-refractivity contribution in [1.82, 2.24) is 15.5 Å². The van der Waals surface area contributed by atoms with Crippen LogP contribution >= 0.6 is 15.9 Å². The van der Waals surface area contributed by atoms with Crippen LogP contribution in [0.4, 0.5) is 0 Å². The van der Waals surface area contributed by atoms with Gasteiger partial charge in [0, 0.05) is 42.5 Å². The molecule has 0 aliphatic carbocycles. The van der Waals surface area contributed by atoms with Crippen LogP contribution in [0.2, 0.25) is 0 Å². The van der Waals surface area contributed by atoms with E-state index in [1.165, 1.54) is 5.56 Å². The maximum atomic E-state index is 11.7. The number of carbonyl (C=O) groups is 1. The minimum Gasteiger partial charge on any atom is -0.357 e. The van der Waals surface area contributed by atoms with Crippen molar-refractivity contribution in [1.29, 1.82) is 0 Å². The number of nitrogens with zero attached hydrogens (tertiary/aromatic N) is 2. The standard InChI is InChI=1S/C18H25BrN4O/c1-2-20-17(21-11-14-4-6-15(19)7-5-14)23-9-3-8-18(13-23)10-16(24)22-12-18/h4-7H,2-3,8-13H2,1H3,(H,20,21)(H,22,24). The molecule has 1 spiro atoms. The molecule has 1 atom stereocenters. The third kappa shape index (κ3) is 4.09. The first-order valence-corrected chi connectivity index (χ1v) is 9.44. The number of piperidine rings is 1. The van der Waals surface area contributed by atoms with Crippen LogP contribution in [0.5, 0.6) is 0 Å². The van der Waals surface area contributed by atoms with Gasteiger partial charge in [0.15, 0.2) is 5.96 Å². The average Bonchev–Trinajstić information content (AvgIpc) is 2.93. The van der Waals surface area contributed by atoms with Crippen LogP contribution in [-0.2, 0) is 11.3 Å². The molecule has 0 saturated carbocycles. The average molecular weight is 393 g/mol. The number of halogens is 1. The summed E-state index contributed by atoms with van der Waals surface area (Å²) in [7, 11) is 0. The smallest absolute Gasteiger partial charge is 0.220 e. The zero-order valence-electron chi connectivity index (χ0n) is 14.1. The third-order valence-electron chi connectivity index (χ3n) is 4.82. The van der Waals surface area contributed by atoms with E-state index in [0.717, 1.165) is 49.5 Å². The largest absolute Gasteiger partial charge is 0.357 e. The number of rotatable bonds is 3. The van der Waals surface area contributed by atoms with Gasteiger partial charge in [0.2, 0.25) is 5.91 Å². The minimum atomic E-state index is 0.0864. The van der Waals surface area contributed by atoms with Gasteiger partial charge in [-0.3, -0.25) is 4.79 Å². The van der Waals surface area contributed by atoms with Gasteiger partial charge < -0.3 is 15.5 Å². The fourth-order valence-corrected chi connectivity index (χ4v) is 3.88. The molecule has 0 bridgehead atoms. The van der Waals surface area contributed by atoms with E-state index in [0.29, 0.717) is 13.0 Å². The molecule has 2 heterocycles. The monoisotopic (exact) mass is 392 g/mol. The molecule has 0 radical (unpaired) electrons. The maximum absolute atomic E-state index is 11.7. The number of amides is 1. The van der Waals surface area contributed by atoms with Crippen LogP contribution in [0.3, 0.4) is 0 Å². The number of aliphatic imine (C=N–C) groups is 1. The molecule has 1 unspecified atom stereocenters. The van der Waals surface area contributed by atoms with Gasteiger partial charge in [0.1, 0.15) is 0 Å². The molecule has 3 rings (SSSR count). The van der Waals surface area contributed by atoms with Crippen molar-refractivity contribution in [2.45, 2.75) is 32.7 Å². The predicted octanol–water partition coefficient (Wildman–Crippen LogP) is 2.52. The van der Waals surface area contributed by atoms with Crippen LogP contribution in [0.1, 0.15) is 31.7 Å². The highest BCUT2D eigenvalue weighted by molar-refractivity contribution is 9.10. The number of nitrogens with one attached hydrogen (secondary N) is 2. The summed E-state index contributed by atoms with van der Waals surface area (Å²) in [5.74, 6) is 1.15. The highest BCUT2D eigenvalue weighted by Crippen LogP contribution is 2.36. The Morgan fingerprint density at radius 2 is 2.21 bits per heavy atom. The fraction of sp³-hybridized carbons (Fsp3) is 0.556. The molecule has 2 N–H and O–H groups in total. The summed E-state index contributed by atoms with van der Waals surface area (Å²) in [4.78, 5) is 18.8. The lowest BCUT2D eigenvalue weighted by Gasteiger charge is -2.40. The molecule has 2 aliphatic heterocycles. The van der Waals surface area contributed by atoms with E-state index in [-0.39, 0.29) is 11.3 Å². The molecule has 1 amide bonds. The molecule has 24 heavy (non-hydrogen) atoms. The summed E-state index contributed by atoms with van der Waals surface area (Å²) in [6.07, 6.45) is 2.88. The Hall–Kier alpha value is -1.56. The summed E-state index contributed by atoms with van der Waals surface area (Å²) in [5.41, 5.74) is 1.28. The molecule has 2 saturated heterocycles. The van der Waals surface area contributed by atoms with Crippen LogP contribution in [-0.4, -0.2) is 42.9 Å². The Labute approximate surface area is 152 Å². The van der Waals surface area contributed by atoms with E-state index in [1.807, 2.05) is 12.1 Å². The quantitative estimate of drug-likeness (QED) is 0.613. The molecule has 5 nitrogen and oxygen atoms in total. The molecule has 2 fully saturated rings. The summed E-state index contributed by atoms with van der Waals surface area (Å²) in [6.45, 7) is 6.31. The molecule has 0 aromatic heterocycles. The lowest BCUT2D eigenvalue weighted by molar-refractivity contribution is -0.119. The number of likely N-dealkylation sites (tertiary alicyclic amines) is 1. The summed E-state index contributed by atoms with van der Waals surface area (Å²) >= 11 is 3.46. The van der Waals surface area contributed by atoms with Gasteiger partial charge in [0.25, 0.3) is 0 Å². The van der Waals surface area contributed by atoms with Crippen molar-refractivity contribution in [3.63, 3.8) is 0 Å². The number of hydrogen-bond acceptors (Lipinski definition) is 2. The van der Waals surface area contributed by atoms with Gasteiger partial charge >= 0.3 is 0 Å². The number of guanidine groups is 1. The van der Waals surface area contributed by atoms with Crippen LogP contribution in [0, 0.1) is 5.41 Å². The Balaban J connectivity index is 1.71. The van der Waals surface area contributed by atoms with E-state index in [9.17, 15) is 4.79 Å². The summed E-state index contributed by atoms with van der Waals surface area (Å²) < 4.78 is 1.08. The fourth-order valence-electron chi connectivity index (χ4n) is 3.61. The van der Waals surface area contributed by atoms with E-state index in [2.05, 4.69) is 50.5 Å². The van der Waals surface area contributed by atoms with Gasteiger partial charge in [-0.2, -0.15) is 0 Å². The lowest BCUT2D eigenvalue weighted by Crippen LogP contribution is -2.51. The van der Waals surface area contributed by atoms with Crippen molar-refractivity contribution in [3.8, 4) is 0 Å². The second-order valence-electron chi connectivity index (χ2n) is 6.78. The van der Waals surface area contributed by atoms with Crippen molar-refractivity contribution < 1.29 is 4.79 Å². The molecular formula is C18H25BrN4O. The van der Waals surface area contributed by atoms with Gasteiger partial charge in [-0.05, 0) is 37.5 Å². The first-order valence-electron chi connectivity index (χ1n) is 8.65. The highest BCUT2D eigenvalue weighted by Gasteiger charge is 2.42. The second kappa shape index (κ2) is 7.55. The maximum Gasteiger partial charge on any atom is 0.220 e. The lowest BCUT2D eigenvalue weighted by atomic mass is 9.79. The van der Waals surface area contributed by atoms with Gasteiger partial charge in [-0.25, -0.2) is 4.99 Å². The van der Waals surface area contributed by atoms with Crippen LogP contribution < -0.4 is 10.6 Å². The minimum absolute atomic E-state index is 0.0864. The van der Waals surface area contributed by atoms with Crippen molar-refractivity contribution in [2.24, 2.45) is 10.4 Å². The zero-order chi connectivity index (χ0) is 17.0. The second-order valence-corrected chi connectivity index (χ2v) is 7.69. The van der Waals surface area contributed by atoms with Gasteiger partial charge in [-0.15, -0.1) is 0 Å². The highest BCUT2D eigenvalue weighted by atomic mass is 79.9. The Morgan fingerprint density at radius 1 is 1.42 bits per heavy atom. The van der Waals surface area contributed by atoms with Crippen LogP contribution in [0.25, 0.3) is 0 Å². The van der Waals surface area contributed by atoms with E-state index in [4.69, 9.17) is 4.99 Å². The molecule has 1 aromatic rings. The van der Waals surface area contributed by atoms with Gasteiger partial charge in [-0.1, -0.05) is 28.1 Å². The summed E-state index contributed by atoms with van der Waals surface area (Å²) in [5, 5.41) is 6.42. The molecular weight excluding hydrogens is 368 g/mol. The number of carbonyl (C=O) groups excluding carboxylic acids is 1. The first-order chi connectivity index (χ1) is 11.6. The van der Waals surface area contributed by atoms with Gasteiger partial charge in [0.05, 0.1) is 6.54 Å². The Kier molecular flexibility index (Phi) is 5.43. The van der Waals surface area contributed by atoms with Crippen molar-refractivity contribution in [2.75, 3.05) is 26.2 Å². The third-order valence-corrected chi connectivity index (χ3v) is 5.35. The topological polar surface area (TPSA) is 56.7 Å². The van der Waals surface area contributed by atoms with Crippen molar-refractivity contribution in [3.05, 3.63) is 34.3 Å². The molecule has 6 heteroatoms. The normalized spacial score (nSPS) is 24.3. The molecule has 2 aliphatic rings. The Bertz CT molecular complexity index is 616. The molecule has 1 aromatic carbocycles. The number of benzene rings is 1. The predicted molar refractivity (Wildman–Crippen MR) is 99.8 cm³/mol. The summed E-state index contributed by atoms with van der Waals surface area (Å²) in [6, 6.07) is 8.27. The first kappa shape index (κ1) is 17.3. The Morgan fingerprint density at radius 3 is 2.88 bits per heavy atom. The van der Waals surface area contributed by atoms with Crippen LogP contribution in [0.15, 0.2) is 33.7 Å². The van der Waals surface area contributed by atoms with E-state index < -0.39 is 0 Å². The molecule has 130 valence electrons. The van der Waals surface area contributed by atoms with E-state index >= 15 is 0 Å². The zero-order valence-corrected chi connectivity index (χ0v) is 15.7. The number of hydrogen-bond donors (Lipinski definition) is 2. The SMILES string of the molecule is CCNC(=NCc1ccc(Br)cc1)N1CCCC2(CNC(=O)C2)C1.